The predicted molar refractivity (Wildman–Crippen MR) is 121 cm³/mol. The summed E-state index contributed by atoms with van der Waals surface area (Å²) in [6.45, 7) is 5.64. The summed E-state index contributed by atoms with van der Waals surface area (Å²) in [4.78, 5) is 23.5. The van der Waals surface area contributed by atoms with Gasteiger partial charge < -0.3 is 15.5 Å². The van der Waals surface area contributed by atoms with Gasteiger partial charge in [0.2, 0.25) is 5.91 Å². The van der Waals surface area contributed by atoms with Crippen molar-refractivity contribution in [2.75, 3.05) is 20.6 Å². The van der Waals surface area contributed by atoms with Crippen LogP contribution in [-0.4, -0.2) is 42.4 Å². The van der Waals surface area contributed by atoms with E-state index in [9.17, 15) is 4.79 Å². The maximum absolute atomic E-state index is 11.8. The van der Waals surface area contributed by atoms with Gasteiger partial charge in [-0.2, -0.15) is 0 Å². The summed E-state index contributed by atoms with van der Waals surface area (Å²) in [5.74, 6) is 1.01. The molecule has 0 bridgehead atoms. The Kier molecular flexibility index (Phi) is 10.1. The van der Waals surface area contributed by atoms with Crippen molar-refractivity contribution in [3.63, 3.8) is 0 Å². The number of aromatic nitrogens is 1. The van der Waals surface area contributed by atoms with Crippen molar-refractivity contribution >= 4 is 58.5 Å². The van der Waals surface area contributed by atoms with Crippen LogP contribution < -0.4 is 10.6 Å². The van der Waals surface area contributed by atoms with Gasteiger partial charge in [0.05, 0.1) is 18.8 Å². The summed E-state index contributed by atoms with van der Waals surface area (Å²) >= 11 is 3.32. The molecule has 0 radical (unpaired) electrons. The fraction of sp³-hybridized carbons (Fsp3) is 0.471. The highest BCUT2D eigenvalue weighted by molar-refractivity contribution is 14.0. The Morgan fingerprint density at radius 1 is 1.27 bits per heavy atom. The van der Waals surface area contributed by atoms with Crippen LogP contribution >= 0.6 is 46.7 Å². The number of amides is 1. The number of thiazole rings is 1. The molecular formula is C17H26IN5OS2. The largest absolute Gasteiger partial charge is 0.351 e. The van der Waals surface area contributed by atoms with Gasteiger partial charge in [0.25, 0.3) is 0 Å². The lowest BCUT2D eigenvalue weighted by Crippen LogP contribution is -2.37. The van der Waals surface area contributed by atoms with E-state index in [1.165, 1.54) is 9.78 Å². The van der Waals surface area contributed by atoms with E-state index in [1.54, 1.807) is 36.8 Å². The molecule has 9 heteroatoms. The molecule has 144 valence electrons. The number of hydrogen-bond acceptors (Lipinski definition) is 5. The second-order valence-electron chi connectivity index (χ2n) is 6.06. The minimum atomic E-state index is -0.0337. The molecule has 0 aliphatic rings. The maximum atomic E-state index is 11.8. The van der Waals surface area contributed by atoms with Crippen molar-refractivity contribution in [1.29, 1.82) is 0 Å². The Bertz CT molecular complexity index is 698. The van der Waals surface area contributed by atoms with Crippen LogP contribution in [0.15, 0.2) is 27.9 Å². The minimum absolute atomic E-state index is 0. The van der Waals surface area contributed by atoms with Crippen molar-refractivity contribution < 1.29 is 4.79 Å². The first kappa shape index (κ1) is 22.8. The molecule has 0 saturated heterocycles. The third-order valence-corrected chi connectivity index (χ3v) is 5.19. The van der Waals surface area contributed by atoms with Crippen molar-refractivity contribution in [1.82, 2.24) is 20.5 Å². The Balaban J connectivity index is 0.00000338. The molecular weight excluding hydrogens is 481 g/mol. The molecule has 26 heavy (non-hydrogen) atoms. The number of nitrogens with zero attached hydrogens (tertiary/aromatic N) is 3. The van der Waals surface area contributed by atoms with Gasteiger partial charge in [-0.25, -0.2) is 9.98 Å². The van der Waals surface area contributed by atoms with Gasteiger partial charge in [0.15, 0.2) is 5.96 Å². The first-order valence-electron chi connectivity index (χ1n) is 8.14. The summed E-state index contributed by atoms with van der Waals surface area (Å²) in [6.07, 6.45) is 0. The van der Waals surface area contributed by atoms with E-state index in [1.807, 2.05) is 11.4 Å². The van der Waals surface area contributed by atoms with E-state index >= 15 is 0 Å². The SMILES string of the molecule is CC(C)c1csc(CNC(=NCC(=O)N(C)C)NCc2cccs2)n1.I. The van der Waals surface area contributed by atoms with Crippen LogP contribution in [0.25, 0.3) is 0 Å². The van der Waals surface area contributed by atoms with Crippen molar-refractivity contribution in [3.8, 4) is 0 Å². The lowest BCUT2D eigenvalue weighted by atomic mass is 10.2. The number of carbonyl (C=O) groups excluding carboxylic acids is 1. The number of likely N-dealkylation sites (N-methyl/N-ethyl adjacent to an activating group) is 1. The molecule has 0 spiro atoms. The fourth-order valence-electron chi connectivity index (χ4n) is 1.88. The third-order valence-electron chi connectivity index (χ3n) is 3.45. The second kappa shape index (κ2) is 11.5. The Morgan fingerprint density at radius 2 is 2.00 bits per heavy atom. The standard InChI is InChI=1S/C17H25N5OS2.HI/c1-12(2)14-11-25-15(21-14)9-19-17(20-10-16(23)22(3)4)18-8-13-6-5-7-24-13;/h5-7,11-12H,8-10H2,1-4H3,(H2,18,19,20);1H. The molecule has 0 atom stereocenters. The zero-order valence-corrected chi connectivity index (χ0v) is 19.4. The molecule has 6 nitrogen and oxygen atoms in total. The predicted octanol–water partition coefficient (Wildman–Crippen LogP) is 3.27. The highest BCUT2D eigenvalue weighted by atomic mass is 127. The van der Waals surface area contributed by atoms with Crippen LogP contribution in [0.1, 0.15) is 35.3 Å². The summed E-state index contributed by atoms with van der Waals surface area (Å²) in [7, 11) is 3.46. The minimum Gasteiger partial charge on any atom is -0.351 e. The highest BCUT2D eigenvalue weighted by Gasteiger charge is 2.08. The van der Waals surface area contributed by atoms with Crippen molar-refractivity contribution in [2.24, 2.45) is 4.99 Å². The monoisotopic (exact) mass is 507 g/mol. The number of carbonyl (C=O) groups is 1. The van der Waals surface area contributed by atoms with Crippen LogP contribution in [0.3, 0.4) is 0 Å². The van der Waals surface area contributed by atoms with Gasteiger partial charge in [0, 0.05) is 24.4 Å². The number of thiophene rings is 1. The quantitative estimate of drug-likeness (QED) is 0.343. The third kappa shape index (κ3) is 7.58. The Labute approximate surface area is 180 Å². The van der Waals surface area contributed by atoms with Gasteiger partial charge >= 0.3 is 0 Å². The van der Waals surface area contributed by atoms with Crippen molar-refractivity contribution in [3.05, 3.63) is 38.5 Å². The van der Waals surface area contributed by atoms with Crippen LogP contribution in [0.4, 0.5) is 0 Å². The number of hydrogen-bond donors (Lipinski definition) is 2. The van der Waals surface area contributed by atoms with E-state index in [-0.39, 0.29) is 36.4 Å². The molecule has 0 aliphatic carbocycles. The molecule has 1 amide bonds. The van der Waals surface area contributed by atoms with Crippen LogP contribution in [0, 0.1) is 0 Å². The van der Waals surface area contributed by atoms with Gasteiger partial charge in [-0.05, 0) is 17.4 Å². The zero-order chi connectivity index (χ0) is 18.2. The van der Waals surface area contributed by atoms with Gasteiger partial charge in [-0.15, -0.1) is 46.7 Å². The normalized spacial score (nSPS) is 11.2. The van der Waals surface area contributed by atoms with Gasteiger partial charge in [0.1, 0.15) is 11.6 Å². The van der Waals surface area contributed by atoms with Crippen LogP contribution in [0.5, 0.6) is 0 Å². The molecule has 2 aromatic rings. The number of nitrogens with one attached hydrogen (secondary N) is 2. The second-order valence-corrected chi connectivity index (χ2v) is 8.04. The summed E-state index contributed by atoms with van der Waals surface area (Å²) in [5.41, 5.74) is 1.11. The first-order valence-corrected chi connectivity index (χ1v) is 9.90. The summed E-state index contributed by atoms with van der Waals surface area (Å²) < 4.78 is 0. The average molecular weight is 507 g/mol. The van der Waals surface area contributed by atoms with E-state index in [4.69, 9.17) is 0 Å². The lowest BCUT2D eigenvalue weighted by Gasteiger charge is -2.12. The summed E-state index contributed by atoms with van der Waals surface area (Å²) in [6, 6.07) is 4.08. The Morgan fingerprint density at radius 3 is 2.58 bits per heavy atom. The molecule has 0 aromatic carbocycles. The van der Waals surface area contributed by atoms with Crippen LogP contribution in [0.2, 0.25) is 0 Å². The smallest absolute Gasteiger partial charge is 0.243 e. The molecule has 2 N–H and O–H groups in total. The molecule has 0 unspecified atom stereocenters. The average Bonchev–Trinajstić information content (AvgIpc) is 3.25. The number of rotatable bonds is 7. The van der Waals surface area contributed by atoms with Crippen LogP contribution in [-0.2, 0) is 17.9 Å². The molecule has 0 fully saturated rings. The summed E-state index contributed by atoms with van der Waals surface area (Å²) in [5, 5.41) is 11.7. The van der Waals surface area contributed by atoms with E-state index in [0.717, 1.165) is 10.7 Å². The zero-order valence-electron chi connectivity index (χ0n) is 15.5. The van der Waals surface area contributed by atoms with E-state index < -0.39 is 0 Å². The number of guanidine groups is 1. The molecule has 0 saturated carbocycles. The highest BCUT2D eigenvalue weighted by Crippen LogP contribution is 2.17. The van der Waals surface area contributed by atoms with Gasteiger partial charge in [-0.3, -0.25) is 4.79 Å². The fourth-order valence-corrected chi connectivity index (χ4v) is 3.42. The van der Waals surface area contributed by atoms with Gasteiger partial charge in [-0.1, -0.05) is 19.9 Å². The number of aliphatic imine (C=N–C) groups is 1. The molecule has 2 heterocycles. The lowest BCUT2D eigenvalue weighted by molar-refractivity contribution is -0.127. The van der Waals surface area contributed by atoms with E-state index in [2.05, 4.69) is 45.9 Å². The van der Waals surface area contributed by atoms with Crippen molar-refractivity contribution in [2.45, 2.75) is 32.9 Å². The molecule has 2 aromatic heterocycles. The molecule has 2 rings (SSSR count). The topological polar surface area (TPSA) is 69.6 Å². The van der Waals surface area contributed by atoms with E-state index in [0.29, 0.717) is 25.0 Å². The maximum Gasteiger partial charge on any atom is 0.243 e. The molecule has 0 aliphatic heterocycles. The number of halogens is 1. The Hall–Kier alpha value is -1.20. The first-order chi connectivity index (χ1) is 12.0.